The lowest BCUT2D eigenvalue weighted by Crippen LogP contribution is -2.03. The number of hydrogen-bond acceptors (Lipinski definition) is 7. The number of carbonyl (C=O) groups excluding carboxylic acids is 1. The van der Waals surface area contributed by atoms with E-state index in [0.717, 1.165) is 5.56 Å². The van der Waals surface area contributed by atoms with Crippen molar-refractivity contribution < 1.29 is 33.2 Å². The minimum atomic E-state index is -0.473. The molecule has 0 aliphatic carbocycles. The molecule has 0 spiro atoms. The van der Waals surface area contributed by atoms with Crippen LogP contribution in [0, 0.1) is 0 Å². The summed E-state index contributed by atoms with van der Waals surface area (Å²) in [5, 5.41) is 0. The number of methoxy groups -OCH3 is 5. The Kier molecular flexibility index (Phi) is 5.30. The molecule has 1 unspecified atom stereocenters. The molecule has 7 nitrogen and oxygen atoms in total. The molecule has 144 valence electrons. The van der Waals surface area contributed by atoms with E-state index in [1.807, 2.05) is 18.2 Å². The van der Waals surface area contributed by atoms with E-state index in [4.69, 9.17) is 28.4 Å². The molecule has 7 heteroatoms. The number of fused-ring (bicyclic) bond motifs is 1. The fraction of sp³-hybridized carbons (Fsp3) is 0.350. The van der Waals surface area contributed by atoms with Gasteiger partial charge in [-0.1, -0.05) is 6.07 Å². The molecule has 1 aliphatic rings. The van der Waals surface area contributed by atoms with Gasteiger partial charge in [-0.3, -0.25) is 0 Å². The summed E-state index contributed by atoms with van der Waals surface area (Å²) in [4.78, 5) is 12.5. The summed E-state index contributed by atoms with van der Waals surface area (Å²) in [6, 6.07) is 7.35. The van der Waals surface area contributed by atoms with Gasteiger partial charge in [-0.25, -0.2) is 4.79 Å². The van der Waals surface area contributed by atoms with Gasteiger partial charge in [0.05, 0.1) is 35.5 Å². The van der Waals surface area contributed by atoms with Crippen molar-refractivity contribution in [1.82, 2.24) is 0 Å². The second kappa shape index (κ2) is 7.65. The Bertz CT molecular complexity index is 860. The van der Waals surface area contributed by atoms with Crippen LogP contribution in [0.4, 0.5) is 0 Å². The summed E-state index contributed by atoms with van der Waals surface area (Å²) in [5.74, 6) is 1.95. The molecule has 1 aliphatic heterocycles. The number of esters is 1. The van der Waals surface area contributed by atoms with Crippen molar-refractivity contribution in [2.45, 2.75) is 12.5 Å². The van der Waals surface area contributed by atoms with Gasteiger partial charge in [0.15, 0.2) is 23.0 Å². The topological polar surface area (TPSA) is 72.5 Å². The lowest BCUT2D eigenvalue weighted by molar-refractivity contribution is 0.0385. The van der Waals surface area contributed by atoms with E-state index in [9.17, 15) is 4.79 Å². The summed E-state index contributed by atoms with van der Waals surface area (Å²) in [6.45, 7) is 0. The molecule has 0 fully saturated rings. The quantitative estimate of drug-likeness (QED) is 0.689. The largest absolute Gasteiger partial charge is 0.493 e. The van der Waals surface area contributed by atoms with Crippen LogP contribution >= 0.6 is 0 Å². The highest BCUT2D eigenvalue weighted by Crippen LogP contribution is 2.48. The summed E-state index contributed by atoms with van der Waals surface area (Å²) in [6.07, 6.45) is -0.00289. The van der Waals surface area contributed by atoms with Crippen molar-refractivity contribution in [1.29, 1.82) is 0 Å². The van der Waals surface area contributed by atoms with E-state index >= 15 is 0 Å². The molecule has 0 amide bonds. The highest BCUT2D eigenvalue weighted by molar-refractivity contribution is 5.98. The molecule has 2 aromatic rings. The maximum Gasteiger partial charge on any atom is 0.343 e. The number of ether oxygens (including phenoxy) is 6. The van der Waals surface area contributed by atoms with Gasteiger partial charge in [-0.15, -0.1) is 0 Å². The molecule has 0 saturated carbocycles. The lowest BCUT2D eigenvalue weighted by Gasteiger charge is -2.16. The SMILES string of the molecule is COc1ccc(CC2OC(=O)c3c2cc(OC)c(OC)c3OC)cc1OC. The first-order valence-electron chi connectivity index (χ1n) is 8.32. The van der Waals surface area contributed by atoms with Gasteiger partial charge in [0.2, 0.25) is 5.75 Å². The molecule has 1 atom stereocenters. The molecule has 0 radical (unpaired) electrons. The smallest absolute Gasteiger partial charge is 0.343 e. The van der Waals surface area contributed by atoms with E-state index in [1.165, 1.54) is 21.3 Å². The van der Waals surface area contributed by atoms with Crippen LogP contribution in [0.3, 0.4) is 0 Å². The molecular formula is C20H22O7. The zero-order chi connectivity index (χ0) is 19.6. The number of carbonyl (C=O) groups is 1. The van der Waals surface area contributed by atoms with Gasteiger partial charge in [-0.2, -0.15) is 0 Å². The zero-order valence-electron chi connectivity index (χ0n) is 16.0. The first-order valence-corrected chi connectivity index (χ1v) is 8.32. The Morgan fingerprint density at radius 2 is 1.48 bits per heavy atom. The first-order chi connectivity index (χ1) is 13.1. The molecule has 0 saturated heterocycles. The Hall–Kier alpha value is -3.09. The maximum atomic E-state index is 12.5. The highest BCUT2D eigenvalue weighted by Gasteiger charge is 2.37. The van der Waals surface area contributed by atoms with Gasteiger partial charge in [0.25, 0.3) is 0 Å². The summed E-state index contributed by atoms with van der Waals surface area (Å²) >= 11 is 0. The van der Waals surface area contributed by atoms with Crippen LogP contribution in [-0.2, 0) is 11.2 Å². The van der Waals surface area contributed by atoms with Crippen LogP contribution in [0.25, 0.3) is 0 Å². The third-order valence-corrected chi connectivity index (χ3v) is 4.53. The first kappa shape index (κ1) is 18.7. The van der Waals surface area contributed by atoms with Gasteiger partial charge in [0.1, 0.15) is 11.7 Å². The summed E-state index contributed by atoms with van der Waals surface area (Å²) < 4.78 is 32.4. The van der Waals surface area contributed by atoms with Crippen molar-refractivity contribution in [3.05, 3.63) is 41.0 Å². The van der Waals surface area contributed by atoms with Crippen molar-refractivity contribution in [3.63, 3.8) is 0 Å². The second-order valence-corrected chi connectivity index (χ2v) is 5.90. The average molecular weight is 374 g/mol. The van der Waals surface area contributed by atoms with E-state index in [1.54, 1.807) is 20.3 Å². The maximum absolute atomic E-state index is 12.5. The van der Waals surface area contributed by atoms with E-state index < -0.39 is 12.1 Å². The number of hydrogen-bond donors (Lipinski definition) is 0. The van der Waals surface area contributed by atoms with Crippen LogP contribution in [0.2, 0.25) is 0 Å². The summed E-state index contributed by atoms with van der Waals surface area (Å²) in [7, 11) is 7.67. The van der Waals surface area contributed by atoms with Crippen molar-refractivity contribution in [2.75, 3.05) is 35.5 Å². The zero-order valence-corrected chi connectivity index (χ0v) is 16.0. The number of rotatable bonds is 7. The normalized spacial score (nSPS) is 15.0. The van der Waals surface area contributed by atoms with Crippen LogP contribution in [0.5, 0.6) is 28.7 Å². The van der Waals surface area contributed by atoms with Gasteiger partial charge in [-0.05, 0) is 23.8 Å². The van der Waals surface area contributed by atoms with Crippen LogP contribution in [0.15, 0.2) is 24.3 Å². The number of cyclic esters (lactones) is 1. The molecule has 0 bridgehead atoms. The fourth-order valence-corrected chi connectivity index (χ4v) is 3.26. The lowest BCUT2D eigenvalue weighted by atomic mass is 9.97. The fourth-order valence-electron chi connectivity index (χ4n) is 3.26. The predicted octanol–water partition coefficient (Wildman–Crippen LogP) is 3.18. The van der Waals surface area contributed by atoms with Gasteiger partial charge in [0, 0.05) is 12.0 Å². The van der Waals surface area contributed by atoms with Crippen molar-refractivity contribution in [2.24, 2.45) is 0 Å². The Balaban J connectivity index is 2.01. The Morgan fingerprint density at radius 1 is 0.815 bits per heavy atom. The molecular weight excluding hydrogens is 352 g/mol. The second-order valence-electron chi connectivity index (χ2n) is 5.90. The van der Waals surface area contributed by atoms with E-state index in [2.05, 4.69) is 0 Å². The van der Waals surface area contributed by atoms with Crippen molar-refractivity contribution in [3.8, 4) is 28.7 Å². The molecule has 3 rings (SSSR count). The van der Waals surface area contributed by atoms with Crippen LogP contribution in [-0.4, -0.2) is 41.5 Å². The van der Waals surface area contributed by atoms with Crippen molar-refractivity contribution >= 4 is 5.97 Å². The predicted molar refractivity (Wildman–Crippen MR) is 97.5 cm³/mol. The minimum Gasteiger partial charge on any atom is -0.493 e. The minimum absolute atomic E-state index is 0.312. The van der Waals surface area contributed by atoms with E-state index in [0.29, 0.717) is 46.3 Å². The number of benzene rings is 2. The summed E-state index contributed by atoms with van der Waals surface area (Å²) in [5.41, 5.74) is 2.00. The Morgan fingerprint density at radius 3 is 2.07 bits per heavy atom. The third-order valence-electron chi connectivity index (χ3n) is 4.53. The molecule has 0 N–H and O–H groups in total. The monoisotopic (exact) mass is 374 g/mol. The average Bonchev–Trinajstić information content (AvgIpc) is 3.01. The van der Waals surface area contributed by atoms with Gasteiger partial charge < -0.3 is 28.4 Å². The Labute approximate surface area is 157 Å². The molecule has 27 heavy (non-hydrogen) atoms. The van der Waals surface area contributed by atoms with Crippen LogP contribution in [0.1, 0.15) is 27.6 Å². The highest BCUT2D eigenvalue weighted by atomic mass is 16.6. The van der Waals surface area contributed by atoms with E-state index in [-0.39, 0.29) is 0 Å². The third kappa shape index (κ3) is 3.20. The molecule has 2 aromatic carbocycles. The van der Waals surface area contributed by atoms with Gasteiger partial charge >= 0.3 is 5.97 Å². The standard InChI is InChI=1S/C20H22O7/c1-22-13-7-6-11(9-15(13)23-2)8-14-12-10-16(24-3)18(25-4)19(26-5)17(12)20(21)27-14/h6-7,9-10,14H,8H2,1-5H3. The molecule has 1 heterocycles. The molecule has 0 aromatic heterocycles. The van der Waals surface area contributed by atoms with Crippen LogP contribution < -0.4 is 23.7 Å².